The summed E-state index contributed by atoms with van der Waals surface area (Å²) in [6.07, 6.45) is 1.67. The molecule has 25 heavy (non-hydrogen) atoms. The van der Waals surface area contributed by atoms with E-state index in [2.05, 4.69) is 9.72 Å². The molecule has 0 radical (unpaired) electrons. The first kappa shape index (κ1) is 19.2. The van der Waals surface area contributed by atoms with Crippen LogP contribution in [0, 0.1) is 0 Å². The minimum absolute atomic E-state index is 0.0932. The van der Waals surface area contributed by atoms with Gasteiger partial charge in [-0.1, -0.05) is 26.0 Å². The SMILES string of the molecule is CC(C)Sc1ncccc1C(=O)N(C)Cc1ccc(OC(F)F)cc1. The molecule has 2 aromatic rings. The predicted octanol–water partition coefficient (Wildman–Crippen LogP) is 4.46. The molecule has 1 aromatic heterocycles. The van der Waals surface area contributed by atoms with Crippen molar-refractivity contribution in [1.82, 2.24) is 9.88 Å². The normalized spacial score (nSPS) is 11.0. The van der Waals surface area contributed by atoms with E-state index in [9.17, 15) is 13.6 Å². The number of benzene rings is 1. The number of carbonyl (C=O) groups excluding carboxylic acids is 1. The van der Waals surface area contributed by atoms with Crippen LogP contribution in [-0.2, 0) is 6.54 Å². The van der Waals surface area contributed by atoms with Crippen LogP contribution in [0.25, 0.3) is 0 Å². The highest BCUT2D eigenvalue weighted by Crippen LogP contribution is 2.25. The van der Waals surface area contributed by atoms with Crippen molar-refractivity contribution in [2.45, 2.75) is 37.3 Å². The smallest absolute Gasteiger partial charge is 0.387 e. The molecule has 134 valence electrons. The van der Waals surface area contributed by atoms with E-state index >= 15 is 0 Å². The van der Waals surface area contributed by atoms with Crippen LogP contribution in [-0.4, -0.2) is 34.7 Å². The van der Waals surface area contributed by atoms with Crippen LogP contribution in [0.1, 0.15) is 29.8 Å². The lowest BCUT2D eigenvalue weighted by Crippen LogP contribution is -2.27. The van der Waals surface area contributed by atoms with Crippen molar-refractivity contribution >= 4 is 17.7 Å². The molecule has 0 saturated heterocycles. The van der Waals surface area contributed by atoms with Crippen LogP contribution >= 0.6 is 11.8 Å². The fourth-order valence-corrected chi connectivity index (χ4v) is 3.05. The summed E-state index contributed by atoms with van der Waals surface area (Å²) in [5.74, 6) is -0.0419. The fraction of sp³-hybridized carbons (Fsp3) is 0.333. The first-order valence-electron chi connectivity index (χ1n) is 7.77. The molecule has 0 fully saturated rings. The molecule has 0 spiro atoms. The summed E-state index contributed by atoms with van der Waals surface area (Å²) in [5.41, 5.74) is 1.38. The standard InChI is InChI=1S/C18H20F2N2O2S/c1-12(2)25-16-15(5-4-10-21-16)17(23)22(3)11-13-6-8-14(9-7-13)24-18(19)20/h4-10,12,18H,11H2,1-3H3. The van der Waals surface area contributed by atoms with Crippen LogP contribution in [0.2, 0.25) is 0 Å². The van der Waals surface area contributed by atoms with Gasteiger partial charge >= 0.3 is 6.61 Å². The Balaban J connectivity index is 2.08. The van der Waals surface area contributed by atoms with Crippen LogP contribution in [0.15, 0.2) is 47.6 Å². The highest BCUT2D eigenvalue weighted by Gasteiger charge is 2.18. The highest BCUT2D eigenvalue weighted by molar-refractivity contribution is 7.99. The average Bonchev–Trinajstić information content (AvgIpc) is 2.55. The zero-order valence-corrected chi connectivity index (χ0v) is 15.1. The number of hydrogen-bond acceptors (Lipinski definition) is 4. The Morgan fingerprint density at radius 3 is 2.52 bits per heavy atom. The molecule has 0 aliphatic carbocycles. The topological polar surface area (TPSA) is 42.4 Å². The molecular weight excluding hydrogens is 346 g/mol. The summed E-state index contributed by atoms with van der Waals surface area (Å²) in [4.78, 5) is 18.6. The molecule has 1 heterocycles. The van der Waals surface area contributed by atoms with Gasteiger partial charge in [-0.15, -0.1) is 11.8 Å². The number of amides is 1. The second-order valence-electron chi connectivity index (χ2n) is 5.71. The number of carbonyl (C=O) groups is 1. The number of rotatable bonds is 7. The van der Waals surface area contributed by atoms with Crippen LogP contribution < -0.4 is 4.74 Å². The summed E-state index contributed by atoms with van der Waals surface area (Å²) in [6.45, 7) is 1.59. The van der Waals surface area contributed by atoms with E-state index < -0.39 is 6.61 Å². The number of ether oxygens (including phenoxy) is 1. The van der Waals surface area contributed by atoms with Gasteiger partial charge in [0.1, 0.15) is 10.8 Å². The maximum absolute atomic E-state index is 12.7. The summed E-state index contributed by atoms with van der Waals surface area (Å²) < 4.78 is 28.7. The van der Waals surface area contributed by atoms with E-state index in [1.54, 1.807) is 42.4 Å². The minimum atomic E-state index is -2.85. The van der Waals surface area contributed by atoms with E-state index in [4.69, 9.17) is 0 Å². The van der Waals surface area contributed by atoms with E-state index in [-0.39, 0.29) is 11.7 Å². The molecule has 4 nitrogen and oxygen atoms in total. The second kappa shape index (κ2) is 8.80. The van der Waals surface area contributed by atoms with E-state index in [1.807, 2.05) is 13.8 Å². The summed E-state index contributed by atoms with van der Waals surface area (Å²) in [6, 6.07) is 9.74. The lowest BCUT2D eigenvalue weighted by molar-refractivity contribution is -0.0498. The Labute approximate surface area is 150 Å². The predicted molar refractivity (Wildman–Crippen MR) is 94.1 cm³/mol. The average molecular weight is 366 g/mol. The van der Waals surface area contributed by atoms with E-state index in [0.717, 1.165) is 5.56 Å². The minimum Gasteiger partial charge on any atom is -0.435 e. The van der Waals surface area contributed by atoms with Gasteiger partial charge in [0, 0.05) is 25.0 Å². The van der Waals surface area contributed by atoms with E-state index in [1.165, 1.54) is 23.9 Å². The molecule has 2 rings (SSSR count). The number of hydrogen-bond donors (Lipinski definition) is 0. The van der Waals surface area contributed by atoms with Gasteiger partial charge in [0.15, 0.2) is 0 Å². The first-order valence-corrected chi connectivity index (χ1v) is 8.65. The number of nitrogens with zero attached hydrogens (tertiary/aromatic N) is 2. The van der Waals surface area contributed by atoms with Gasteiger partial charge in [-0.25, -0.2) is 4.98 Å². The maximum atomic E-state index is 12.7. The van der Waals surface area contributed by atoms with Crippen LogP contribution in [0.5, 0.6) is 5.75 Å². The molecule has 0 aliphatic rings. The third kappa shape index (κ3) is 5.70. The largest absolute Gasteiger partial charge is 0.435 e. The monoisotopic (exact) mass is 366 g/mol. The lowest BCUT2D eigenvalue weighted by Gasteiger charge is -2.19. The zero-order chi connectivity index (χ0) is 18.4. The van der Waals surface area contributed by atoms with Crippen molar-refractivity contribution in [2.24, 2.45) is 0 Å². The van der Waals surface area contributed by atoms with Crippen molar-refractivity contribution in [2.75, 3.05) is 7.05 Å². The number of aromatic nitrogens is 1. The van der Waals surface area contributed by atoms with Crippen LogP contribution in [0.4, 0.5) is 8.78 Å². The van der Waals surface area contributed by atoms with Crippen molar-refractivity contribution in [3.63, 3.8) is 0 Å². The van der Waals surface area contributed by atoms with Crippen molar-refractivity contribution < 1.29 is 18.3 Å². The number of pyridine rings is 1. The molecule has 0 N–H and O–H groups in total. The number of thioether (sulfide) groups is 1. The van der Waals surface area contributed by atoms with Gasteiger partial charge in [0.2, 0.25) is 0 Å². The molecule has 0 atom stereocenters. The van der Waals surface area contributed by atoms with Crippen molar-refractivity contribution in [3.05, 3.63) is 53.7 Å². The van der Waals surface area contributed by atoms with Gasteiger partial charge in [-0.05, 0) is 29.8 Å². The molecule has 0 unspecified atom stereocenters. The molecule has 0 aliphatic heterocycles. The van der Waals surface area contributed by atoms with Gasteiger partial charge < -0.3 is 9.64 Å². The van der Waals surface area contributed by atoms with Crippen molar-refractivity contribution in [1.29, 1.82) is 0 Å². The first-order chi connectivity index (χ1) is 11.9. The zero-order valence-electron chi connectivity index (χ0n) is 14.3. The molecule has 7 heteroatoms. The van der Waals surface area contributed by atoms with Gasteiger partial charge in [0.25, 0.3) is 5.91 Å². The third-order valence-corrected chi connectivity index (χ3v) is 4.28. The molecular formula is C18H20F2N2O2S. The second-order valence-corrected chi connectivity index (χ2v) is 7.27. The molecule has 1 amide bonds. The van der Waals surface area contributed by atoms with Gasteiger partial charge in [-0.3, -0.25) is 4.79 Å². The molecule has 0 bridgehead atoms. The molecule has 0 saturated carbocycles. The summed E-state index contributed by atoms with van der Waals surface area (Å²) >= 11 is 1.54. The molecule has 1 aromatic carbocycles. The number of alkyl halides is 2. The Morgan fingerprint density at radius 1 is 1.24 bits per heavy atom. The number of halogens is 2. The lowest BCUT2D eigenvalue weighted by atomic mass is 10.2. The Hall–Kier alpha value is -2.15. The Bertz CT molecular complexity index is 708. The fourth-order valence-electron chi connectivity index (χ4n) is 2.20. The third-order valence-electron chi connectivity index (χ3n) is 3.26. The van der Waals surface area contributed by atoms with Gasteiger partial charge in [0.05, 0.1) is 5.56 Å². The summed E-state index contributed by atoms with van der Waals surface area (Å²) in [5, 5.41) is 1.02. The summed E-state index contributed by atoms with van der Waals surface area (Å²) in [7, 11) is 1.70. The van der Waals surface area contributed by atoms with Crippen LogP contribution in [0.3, 0.4) is 0 Å². The van der Waals surface area contributed by atoms with Crippen molar-refractivity contribution in [3.8, 4) is 5.75 Å². The maximum Gasteiger partial charge on any atom is 0.387 e. The quantitative estimate of drug-likeness (QED) is 0.679. The highest BCUT2D eigenvalue weighted by atomic mass is 32.2. The Morgan fingerprint density at radius 2 is 1.92 bits per heavy atom. The van der Waals surface area contributed by atoms with E-state index in [0.29, 0.717) is 22.4 Å². The Kier molecular flexibility index (Phi) is 6.75. The van der Waals surface area contributed by atoms with Gasteiger partial charge in [-0.2, -0.15) is 8.78 Å².